The predicted octanol–water partition coefficient (Wildman–Crippen LogP) is 4.36. The molecule has 0 aliphatic rings. The van der Waals surface area contributed by atoms with Crippen molar-refractivity contribution in [3.8, 4) is 0 Å². The third kappa shape index (κ3) is 6.80. The molecular formula is C21H44O6Si. The van der Waals surface area contributed by atoms with Gasteiger partial charge in [-0.05, 0) is 30.0 Å². The summed E-state index contributed by atoms with van der Waals surface area (Å²) in [6.07, 6.45) is -0.183. The largest absolute Gasteiger partial charge is 0.469 e. The van der Waals surface area contributed by atoms with Crippen molar-refractivity contribution >= 4 is 14.3 Å². The van der Waals surface area contributed by atoms with E-state index in [0.29, 0.717) is 23.0 Å². The van der Waals surface area contributed by atoms with Gasteiger partial charge in [-0.2, -0.15) is 0 Å². The molecule has 0 aromatic heterocycles. The first-order chi connectivity index (χ1) is 13.0. The highest BCUT2D eigenvalue weighted by Gasteiger charge is 2.49. The zero-order valence-electron chi connectivity index (χ0n) is 19.7. The summed E-state index contributed by atoms with van der Waals surface area (Å²) in [5, 5.41) is 9.51. The SMILES string of the molecule is COCO[C@@H](CCO)[C@H](C)[C@H](O[Si](C(C)C)(C(C)C)C(C)C)[C@@H](C)C(=O)OC. The van der Waals surface area contributed by atoms with Gasteiger partial charge in [0.15, 0.2) is 0 Å². The summed E-state index contributed by atoms with van der Waals surface area (Å²) >= 11 is 0. The van der Waals surface area contributed by atoms with Crippen molar-refractivity contribution in [1.82, 2.24) is 0 Å². The molecule has 7 heteroatoms. The molecule has 1 N–H and O–H groups in total. The monoisotopic (exact) mass is 420 g/mol. The number of hydrogen-bond donors (Lipinski definition) is 1. The van der Waals surface area contributed by atoms with Gasteiger partial charge in [-0.3, -0.25) is 4.79 Å². The smallest absolute Gasteiger partial charge is 0.310 e. The van der Waals surface area contributed by atoms with Gasteiger partial charge in [0, 0.05) is 19.6 Å². The van der Waals surface area contributed by atoms with Gasteiger partial charge >= 0.3 is 5.97 Å². The first kappa shape index (κ1) is 27.5. The maximum Gasteiger partial charge on any atom is 0.310 e. The summed E-state index contributed by atoms with van der Waals surface area (Å²) in [6, 6.07) is 0. The minimum absolute atomic E-state index is 0.000834. The van der Waals surface area contributed by atoms with Gasteiger partial charge in [-0.15, -0.1) is 0 Å². The van der Waals surface area contributed by atoms with E-state index in [2.05, 4.69) is 41.5 Å². The number of hydrogen-bond acceptors (Lipinski definition) is 6. The lowest BCUT2D eigenvalue weighted by Crippen LogP contribution is -2.54. The molecule has 0 amide bonds. The number of ether oxygens (including phenoxy) is 3. The molecule has 0 spiro atoms. The molecule has 0 aromatic carbocycles. The van der Waals surface area contributed by atoms with Crippen LogP contribution in [-0.2, 0) is 23.4 Å². The van der Waals surface area contributed by atoms with Crippen LogP contribution in [0.1, 0.15) is 61.8 Å². The van der Waals surface area contributed by atoms with E-state index in [4.69, 9.17) is 18.6 Å². The molecule has 0 fully saturated rings. The molecule has 0 saturated carbocycles. The third-order valence-electron chi connectivity index (χ3n) is 6.03. The van der Waals surface area contributed by atoms with Crippen LogP contribution in [-0.4, -0.2) is 59.2 Å². The summed E-state index contributed by atoms with van der Waals surface area (Å²) < 4.78 is 23.0. The fourth-order valence-electron chi connectivity index (χ4n) is 4.62. The molecule has 0 saturated heterocycles. The average molecular weight is 421 g/mol. The van der Waals surface area contributed by atoms with Crippen LogP contribution in [0.5, 0.6) is 0 Å². The van der Waals surface area contributed by atoms with Gasteiger partial charge in [0.05, 0.1) is 25.2 Å². The first-order valence-electron chi connectivity index (χ1n) is 10.5. The first-order valence-corrected chi connectivity index (χ1v) is 12.6. The van der Waals surface area contributed by atoms with Crippen LogP contribution >= 0.6 is 0 Å². The van der Waals surface area contributed by atoms with E-state index in [-0.39, 0.29) is 37.5 Å². The highest BCUT2D eigenvalue weighted by Crippen LogP contribution is 2.45. The Balaban J connectivity index is 6.06. The van der Waals surface area contributed by atoms with Crippen LogP contribution in [0.4, 0.5) is 0 Å². The minimum atomic E-state index is -2.23. The molecule has 0 aromatic rings. The molecule has 0 bridgehead atoms. The summed E-state index contributed by atoms with van der Waals surface area (Å²) in [5.41, 5.74) is 1.18. The number of aliphatic hydroxyl groups excluding tert-OH is 1. The van der Waals surface area contributed by atoms with Crippen molar-refractivity contribution in [2.75, 3.05) is 27.6 Å². The van der Waals surface area contributed by atoms with Gasteiger partial charge in [0.2, 0.25) is 8.32 Å². The number of methoxy groups -OCH3 is 2. The normalized spacial score (nSPS) is 17.1. The van der Waals surface area contributed by atoms with E-state index in [1.54, 1.807) is 7.11 Å². The second-order valence-corrected chi connectivity index (χ2v) is 14.1. The Morgan fingerprint density at radius 1 is 0.929 bits per heavy atom. The van der Waals surface area contributed by atoms with E-state index in [1.165, 1.54) is 7.11 Å². The van der Waals surface area contributed by atoms with Gasteiger partial charge in [0.1, 0.15) is 6.79 Å². The van der Waals surface area contributed by atoms with Crippen molar-refractivity contribution in [3.63, 3.8) is 0 Å². The van der Waals surface area contributed by atoms with Crippen molar-refractivity contribution in [3.05, 3.63) is 0 Å². The van der Waals surface area contributed by atoms with Crippen LogP contribution in [0.15, 0.2) is 0 Å². The van der Waals surface area contributed by atoms with Crippen LogP contribution in [0.3, 0.4) is 0 Å². The van der Waals surface area contributed by atoms with Crippen molar-refractivity contribution in [1.29, 1.82) is 0 Å². The quantitative estimate of drug-likeness (QED) is 0.256. The minimum Gasteiger partial charge on any atom is -0.469 e. The molecule has 0 radical (unpaired) electrons. The van der Waals surface area contributed by atoms with Crippen LogP contribution in [0.25, 0.3) is 0 Å². The molecular weight excluding hydrogens is 376 g/mol. The summed E-state index contributed by atoms with van der Waals surface area (Å²) in [5.74, 6) is -0.833. The van der Waals surface area contributed by atoms with Crippen LogP contribution < -0.4 is 0 Å². The molecule has 28 heavy (non-hydrogen) atoms. The Bertz CT molecular complexity index is 419. The van der Waals surface area contributed by atoms with Crippen molar-refractivity contribution in [2.45, 2.75) is 90.6 Å². The zero-order valence-corrected chi connectivity index (χ0v) is 20.7. The van der Waals surface area contributed by atoms with Gasteiger partial charge in [0.25, 0.3) is 0 Å². The maximum atomic E-state index is 12.4. The lowest BCUT2D eigenvalue weighted by atomic mass is 9.88. The summed E-state index contributed by atoms with van der Waals surface area (Å²) in [6.45, 7) is 17.4. The molecule has 4 atom stereocenters. The van der Waals surface area contributed by atoms with Gasteiger partial charge in [-0.25, -0.2) is 0 Å². The molecule has 0 aliphatic carbocycles. The Labute approximate surface area is 173 Å². The average Bonchev–Trinajstić information content (AvgIpc) is 2.63. The Morgan fingerprint density at radius 2 is 1.43 bits per heavy atom. The highest BCUT2D eigenvalue weighted by molar-refractivity contribution is 6.77. The lowest BCUT2D eigenvalue weighted by molar-refractivity contribution is -0.153. The molecule has 0 unspecified atom stereocenters. The predicted molar refractivity (Wildman–Crippen MR) is 115 cm³/mol. The number of carbonyl (C=O) groups excluding carboxylic acids is 1. The molecule has 168 valence electrons. The Hall–Kier alpha value is -0.473. The van der Waals surface area contributed by atoms with E-state index in [9.17, 15) is 9.90 Å². The van der Waals surface area contributed by atoms with Crippen molar-refractivity contribution < 1.29 is 28.5 Å². The molecule has 0 rings (SSSR count). The zero-order chi connectivity index (χ0) is 22.1. The molecule has 0 aliphatic heterocycles. The standard InChI is InChI=1S/C21H44O6Si/c1-14(2)28(15(3)4,16(5)6)27-20(18(8)21(23)25-10)17(7)19(11-12-22)26-13-24-9/h14-20,22H,11-13H2,1-10H3/t17-,18+,19-,20-/m0/s1. The topological polar surface area (TPSA) is 74.2 Å². The van der Waals surface area contributed by atoms with E-state index in [0.717, 1.165) is 0 Å². The Morgan fingerprint density at radius 3 is 1.79 bits per heavy atom. The third-order valence-corrected chi connectivity index (χ3v) is 12.1. The fraction of sp³-hybridized carbons (Fsp3) is 0.952. The van der Waals surface area contributed by atoms with Crippen molar-refractivity contribution in [2.24, 2.45) is 11.8 Å². The summed E-state index contributed by atoms with van der Waals surface area (Å²) in [4.78, 5) is 12.4. The van der Waals surface area contributed by atoms with E-state index in [1.807, 2.05) is 13.8 Å². The van der Waals surface area contributed by atoms with E-state index < -0.39 is 14.2 Å². The van der Waals surface area contributed by atoms with Crippen LogP contribution in [0, 0.1) is 11.8 Å². The second kappa shape index (κ2) is 13.0. The van der Waals surface area contributed by atoms with Crippen LogP contribution in [0.2, 0.25) is 16.6 Å². The summed E-state index contributed by atoms with van der Waals surface area (Å²) in [7, 11) is 0.745. The lowest BCUT2D eigenvalue weighted by Gasteiger charge is -2.47. The number of rotatable bonds is 14. The second-order valence-electron chi connectivity index (χ2n) is 8.69. The fourth-order valence-corrected chi connectivity index (χ4v) is 10.3. The molecule has 6 nitrogen and oxygen atoms in total. The highest BCUT2D eigenvalue weighted by atomic mass is 28.4. The number of esters is 1. The Kier molecular flexibility index (Phi) is 12.7. The number of carbonyl (C=O) groups is 1. The van der Waals surface area contributed by atoms with Gasteiger partial charge in [-0.1, -0.05) is 48.5 Å². The van der Waals surface area contributed by atoms with E-state index >= 15 is 0 Å². The maximum absolute atomic E-state index is 12.4. The molecule has 0 heterocycles. The van der Waals surface area contributed by atoms with Gasteiger partial charge < -0.3 is 23.7 Å². The number of aliphatic hydroxyl groups is 1.